The van der Waals surface area contributed by atoms with Crippen LogP contribution < -0.4 is 5.32 Å². The lowest BCUT2D eigenvalue weighted by molar-refractivity contribution is -0.137. The number of carbonyl (C=O) groups excluding carboxylic acids is 1. The largest absolute Gasteiger partial charge is 0.463 e. The third kappa shape index (κ3) is 5.88. The molecule has 4 nitrogen and oxygen atoms in total. The van der Waals surface area contributed by atoms with Gasteiger partial charge in [0.15, 0.2) is 0 Å². The Morgan fingerprint density at radius 3 is 3.06 bits per heavy atom. The fourth-order valence-electron chi connectivity index (χ4n) is 1.68. The average Bonchev–Trinajstić information content (AvgIpc) is 2.30. The lowest BCUT2D eigenvalue weighted by Crippen LogP contribution is -2.37. The van der Waals surface area contributed by atoms with Gasteiger partial charge in [-0.2, -0.15) is 0 Å². The molecule has 0 saturated carbocycles. The van der Waals surface area contributed by atoms with Gasteiger partial charge < -0.3 is 14.8 Å². The van der Waals surface area contributed by atoms with E-state index in [0.717, 1.165) is 6.54 Å². The van der Waals surface area contributed by atoms with Crippen LogP contribution in [0, 0.1) is 0 Å². The van der Waals surface area contributed by atoms with Gasteiger partial charge in [0, 0.05) is 12.1 Å². The maximum Gasteiger partial charge on any atom is 0.330 e. The molecule has 0 spiro atoms. The van der Waals surface area contributed by atoms with Crippen molar-refractivity contribution in [2.45, 2.75) is 32.2 Å². The molecule has 1 aliphatic rings. The molecule has 4 heteroatoms. The van der Waals surface area contributed by atoms with Crippen LogP contribution in [-0.4, -0.2) is 38.4 Å². The summed E-state index contributed by atoms with van der Waals surface area (Å²) >= 11 is 0. The molecule has 0 aliphatic carbocycles. The number of nitrogens with one attached hydrogen (secondary N) is 1. The zero-order valence-electron chi connectivity index (χ0n) is 9.91. The van der Waals surface area contributed by atoms with E-state index in [4.69, 9.17) is 9.47 Å². The second-order valence-corrected chi connectivity index (χ2v) is 3.84. The first-order valence-electron chi connectivity index (χ1n) is 5.97. The SMILES string of the molecule is CCOC(=O)/C=C/COCC1CCCCN1. The number of rotatable bonds is 6. The Morgan fingerprint density at radius 1 is 1.50 bits per heavy atom. The molecule has 1 rings (SSSR count). The molecule has 1 unspecified atom stereocenters. The normalized spacial score (nSPS) is 21.2. The minimum atomic E-state index is -0.304. The highest BCUT2D eigenvalue weighted by molar-refractivity contribution is 5.81. The van der Waals surface area contributed by atoms with E-state index in [9.17, 15) is 4.79 Å². The third-order valence-electron chi connectivity index (χ3n) is 2.49. The molecule has 0 aromatic heterocycles. The molecule has 1 aliphatic heterocycles. The van der Waals surface area contributed by atoms with Gasteiger partial charge in [-0.1, -0.05) is 12.5 Å². The van der Waals surface area contributed by atoms with E-state index in [-0.39, 0.29) is 5.97 Å². The second-order valence-electron chi connectivity index (χ2n) is 3.84. The van der Waals surface area contributed by atoms with Crippen LogP contribution in [-0.2, 0) is 14.3 Å². The molecule has 0 aromatic carbocycles. The summed E-state index contributed by atoms with van der Waals surface area (Å²) in [6, 6.07) is 0.477. The van der Waals surface area contributed by atoms with E-state index in [1.54, 1.807) is 13.0 Å². The fourth-order valence-corrected chi connectivity index (χ4v) is 1.68. The number of hydrogen-bond acceptors (Lipinski definition) is 4. The zero-order valence-corrected chi connectivity index (χ0v) is 9.91. The van der Waals surface area contributed by atoms with Crippen molar-refractivity contribution in [1.29, 1.82) is 0 Å². The van der Waals surface area contributed by atoms with Gasteiger partial charge in [0.2, 0.25) is 0 Å². The molecular formula is C12H21NO3. The summed E-state index contributed by atoms with van der Waals surface area (Å²) in [7, 11) is 0. The molecule has 0 amide bonds. The van der Waals surface area contributed by atoms with E-state index in [2.05, 4.69) is 5.32 Å². The molecule has 1 saturated heterocycles. The molecule has 1 N–H and O–H groups in total. The first kappa shape index (κ1) is 13.2. The molecule has 92 valence electrons. The summed E-state index contributed by atoms with van der Waals surface area (Å²) < 4.78 is 10.2. The summed E-state index contributed by atoms with van der Waals surface area (Å²) in [6.07, 6.45) is 6.83. The Hall–Kier alpha value is -0.870. The van der Waals surface area contributed by atoms with Crippen molar-refractivity contribution in [3.8, 4) is 0 Å². The lowest BCUT2D eigenvalue weighted by Gasteiger charge is -2.22. The van der Waals surface area contributed by atoms with Crippen LogP contribution in [0.3, 0.4) is 0 Å². The Labute approximate surface area is 97.0 Å². The maximum atomic E-state index is 10.9. The van der Waals surface area contributed by atoms with Crippen molar-refractivity contribution < 1.29 is 14.3 Å². The van der Waals surface area contributed by atoms with Gasteiger partial charge in [-0.25, -0.2) is 4.79 Å². The van der Waals surface area contributed by atoms with E-state index >= 15 is 0 Å². The van der Waals surface area contributed by atoms with E-state index in [1.165, 1.54) is 25.3 Å². The molecule has 1 fully saturated rings. The fraction of sp³-hybridized carbons (Fsp3) is 0.750. The van der Waals surface area contributed by atoms with Gasteiger partial charge >= 0.3 is 5.97 Å². The predicted octanol–water partition coefficient (Wildman–Crippen LogP) is 1.26. The van der Waals surface area contributed by atoms with Crippen molar-refractivity contribution >= 4 is 5.97 Å². The minimum Gasteiger partial charge on any atom is -0.463 e. The summed E-state index contributed by atoms with van der Waals surface area (Å²) in [5, 5.41) is 3.40. The molecule has 0 aromatic rings. The Morgan fingerprint density at radius 2 is 2.38 bits per heavy atom. The Balaban J connectivity index is 2.00. The van der Waals surface area contributed by atoms with Crippen LogP contribution >= 0.6 is 0 Å². The standard InChI is InChI=1S/C12H21NO3/c1-2-16-12(14)7-5-9-15-10-11-6-3-4-8-13-11/h5,7,11,13H,2-4,6,8-10H2,1H3/b7-5+. The van der Waals surface area contributed by atoms with Gasteiger partial charge in [0.25, 0.3) is 0 Å². The van der Waals surface area contributed by atoms with Crippen LogP contribution in [0.1, 0.15) is 26.2 Å². The summed E-state index contributed by atoms with van der Waals surface area (Å²) in [5.74, 6) is -0.304. The Bertz CT molecular complexity index is 222. The van der Waals surface area contributed by atoms with Crippen molar-refractivity contribution in [3.05, 3.63) is 12.2 Å². The first-order chi connectivity index (χ1) is 7.83. The van der Waals surface area contributed by atoms with E-state index in [0.29, 0.717) is 25.9 Å². The lowest BCUT2D eigenvalue weighted by atomic mass is 10.1. The van der Waals surface area contributed by atoms with Crippen LogP contribution in [0.5, 0.6) is 0 Å². The van der Waals surface area contributed by atoms with Gasteiger partial charge in [0.1, 0.15) is 0 Å². The van der Waals surface area contributed by atoms with Gasteiger partial charge in [-0.05, 0) is 26.3 Å². The molecule has 0 bridgehead atoms. The van der Waals surface area contributed by atoms with Gasteiger partial charge in [0.05, 0.1) is 19.8 Å². The molecule has 1 atom stereocenters. The van der Waals surface area contributed by atoms with Crippen LogP contribution in [0.25, 0.3) is 0 Å². The quantitative estimate of drug-likeness (QED) is 0.421. The predicted molar refractivity (Wildman–Crippen MR) is 62.2 cm³/mol. The second kappa shape index (κ2) is 8.30. The molecular weight excluding hydrogens is 206 g/mol. The summed E-state index contributed by atoms with van der Waals surface area (Å²) in [5.41, 5.74) is 0. The highest BCUT2D eigenvalue weighted by Crippen LogP contribution is 2.06. The van der Waals surface area contributed by atoms with E-state index in [1.807, 2.05) is 0 Å². The van der Waals surface area contributed by atoms with Gasteiger partial charge in [-0.15, -0.1) is 0 Å². The smallest absolute Gasteiger partial charge is 0.330 e. The number of carbonyl (C=O) groups is 1. The average molecular weight is 227 g/mol. The number of hydrogen-bond donors (Lipinski definition) is 1. The molecule has 1 heterocycles. The zero-order chi connectivity index (χ0) is 11.6. The monoisotopic (exact) mass is 227 g/mol. The first-order valence-corrected chi connectivity index (χ1v) is 5.97. The summed E-state index contributed by atoms with van der Waals surface area (Å²) in [4.78, 5) is 10.9. The number of ether oxygens (including phenoxy) is 2. The van der Waals surface area contributed by atoms with Crippen molar-refractivity contribution in [1.82, 2.24) is 5.32 Å². The highest BCUT2D eigenvalue weighted by Gasteiger charge is 2.11. The van der Waals surface area contributed by atoms with Crippen LogP contribution in [0.2, 0.25) is 0 Å². The van der Waals surface area contributed by atoms with Crippen molar-refractivity contribution in [2.75, 3.05) is 26.4 Å². The number of esters is 1. The van der Waals surface area contributed by atoms with Crippen molar-refractivity contribution in [2.24, 2.45) is 0 Å². The highest BCUT2D eigenvalue weighted by atomic mass is 16.5. The topological polar surface area (TPSA) is 47.6 Å². The van der Waals surface area contributed by atoms with Crippen LogP contribution in [0.4, 0.5) is 0 Å². The molecule has 0 radical (unpaired) electrons. The maximum absolute atomic E-state index is 10.9. The Kier molecular flexibility index (Phi) is 6.85. The van der Waals surface area contributed by atoms with Gasteiger partial charge in [-0.3, -0.25) is 0 Å². The minimum absolute atomic E-state index is 0.304. The molecule has 16 heavy (non-hydrogen) atoms. The van der Waals surface area contributed by atoms with E-state index < -0.39 is 0 Å². The number of piperidine rings is 1. The van der Waals surface area contributed by atoms with Crippen molar-refractivity contribution in [3.63, 3.8) is 0 Å². The van der Waals surface area contributed by atoms with Crippen LogP contribution in [0.15, 0.2) is 12.2 Å². The third-order valence-corrected chi connectivity index (χ3v) is 2.49. The summed E-state index contributed by atoms with van der Waals surface area (Å²) in [6.45, 7) is 4.48.